The van der Waals surface area contributed by atoms with Crippen LogP contribution in [0.2, 0.25) is 0 Å². The highest BCUT2D eigenvalue weighted by molar-refractivity contribution is 5.36. The van der Waals surface area contributed by atoms with Crippen LogP contribution in [-0.4, -0.2) is 28.7 Å². The van der Waals surface area contributed by atoms with Gasteiger partial charge in [-0.15, -0.1) is 0 Å². The highest BCUT2D eigenvalue weighted by Crippen LogP contribution is 2.15. The van der Waals surface area contributed by atoms with E-state index in [9.17, 15) is 4.79 Å². The molecule has 2 aromatic rings. The molecule has 0 aliphatic carbocycles. The number of aryl methyl sites for hydroxylation is 2. The average Bonchev–Trinajstić information content (AvgIpc) is 2.94. The standard InChI is InChI=1S/C16H22N4O2/c1-12-5-6-14(22-12)10-18-13-4-3-8-20(11-13)15-16(21)19(2)9-7-17-15/h5-7,9,13,18H,3-4,8,10-11H2,1-2H3/t13-/m0/s1. The SMILES string of the molecule is Cc1ccc(CN[C@H]2CCCN(c3nccn(C)c3=O)C2)o1. The van der Waals surface area contributed by atoms with E-state index in [1.807, 2.05) is 19.1 Å². The molecule has 0 aromatic carbocycles. The molecule has 6 heteroatoms. The lowest BCUT2D eigenvalue weighted by molar-refractivity contribution is 0.388. The van der Waals surface area contributed by atoms with E-state index < -0.39 is 0 Å². The largest absolute Gasteiger partial charge is 0.465 e. The third kappa shape index (κ3) is 3.22. The van der Waals surface area contributed by atoms with Gasteiger partial charge in [-0.3, -0.25) is 4.79 Å². The number of hydrogen-bond donors (Lipinski definition) is 1. The van der Waals surface area contributed by atoms with Gasteiger partial charge in [-0.2, -0.15) is 0 Å². The zero-order valence-electron chi connectivity index (χ0n) is 13.1. The first kappa shape index (κ1) is 14.8. The van der Waals surface area contributed by atoms with E-state index in [1.54, 1.807) is 24.0 Å². The van der Waals surface area contributed by atoms with Crippen LogP contribution in [0.1, 0.15) is 24.4 Å². The lowest BCUT2D eigenvalue weighted by atomic mass is 10.1. The molecule has 0 unspecified atom stereocenters. The maximum Gasteiger partial charge on any atom is 0.293 e. The van der Waals surface area contributed by atoms with Gasteiger partial charge in [0.25, 0.3) is 5.56 Å². The van der Waals surface area contributed by atoms with Gasteiger partial charge in [0.05, 0.1) is 6.54 Å². The van der Waals surface area contributed by atoms with E-state index in [-0.39, 0.29) is 5.56 Å². The van der Waals surface area contributed by atoms with Crippen molar-refractivity contribution in [2.75, 3.05) is 18.0 Å². The summed E-state index contributed by atoms with van der Waals surface area (Å²) in [5.74, 6) is 2.42. The van der Waals surface area contributed by atoms with E-state index >= 15 is 0 Å². The Hall–Kier alpha value is -2.08. The number of rotatable bonds is 4. The van der Waals surface area contributed by atoms with Crippen LogP contribution in [0.5, 0.6) is 0 Å². The number of nitrogens with one attached hydrogen (secondary N) is 1. The van der Waals surface area contributed by atoms with Gasteiger partial charge in [-0.1, -0.05) is 0 Å². The maximum absolute atomic E-state index is 12.2. The first-order valence-electron chi connectivity index (χ1n) is 7.69. The molecule has 1 N–H and O–H groups in total. The summed E-state index contributed by atoms with van der Waals surface area (Å²) in [4.78, 5) is 18.5. The molecule has 3 rings (SSSR count). The molecule has 0 bridgehead atoms. The van der Waals surface area contributed by atoms with Crippen LogP contribution in [0.25, 0.3) is 0 Å². The first-order valence-corrected chi connectivity index (χ1v) is 7.69. The molecule has 6 nitrogen and oxygen atoms in total. The summed E-state index contributed by atoms with van der Waals surface area (Å²) in [6, 6.07) is 4.31. The summed E-state index contributed by atoms with van der Waals surface area (Å²) in [7, 11) is 1.76. The fourth-order valence-electron chi connectivity index (χ4n) is 2.86. The molecule has 2 aromatic heterocycles. The van der Waals surface area contributed by atoms with Crippen molar-refractivity contribution in [2.24, 2.45) is 7.05 Å². The Bertz CT molecular complexity index is 691. The van der Waals surface area contributed by atoms with Crippen molar-refractivity contribution in [1.29, 1.82) is 0 Å². The van der Waals surface area contributed by atoms with Gasteiger partial charge in [0, 0.05) is 38.6 Å². The van der Waals surface area contributed by atoms with Crippen LogP contribution in [-0.2, 0) is 13.6 Å². The maximum atomic E-state index is 12.2. The Kier molecular flexibility index (Phi) is 4.29. The van der Waals surface area contributed by atoms with Crippen LogP contribution < -0.4 is 15.8 Å². The number of anilines is 1. The van der Waals surface area contributed by atoms with Crippen molar-refractivity contribution >= 4 is 5.82 Å². The molecule has 0 radical (unpaired) electrons. The Morgan fingerprint density at radius 1 is 1.45 bits per heavy atom. The zero-order valence-corrected chi connectivity index (χ0v) is 13.1. The quantitative estimate of drug-likeness (QED) is 0.926. The van der Waals surface area contributed by atoms with Gasteiger partial charge >= 0.3 is 0 Å². The predicted octanol–water partition coefficient (Wildman–Crippen LogP) is 1.44. The molecule has 1 atom stereocenters. The van der Waals surface area contributed by atoms with Gasteiger partial charge in [0.2, 0.25) is 0 Å². The molecule has 118 valence electrons. The number of hydrogen-bond acceptors (Lipinski definition) is 5. The normalized spacial score (nSPS) is 18.6. The molecule has 22 heavy (non-hydrogen) atoms. The second-order valence-electron chi connectivity index (χ2n) is 5.85. The van der Waals surface area contributed by atoms with Gasteiger partial charge in [0.15, 0.2) is 5.82 Å². The Balaban J connectivity index is 1.64. The Morgan fingerprint density at radius 2 is 2.32 bits per heavy atom. The predicted molar refractivity (Wildman–Crippen MR) is 85.0 cm³/mol. The Morgan fingerprint density at radius 3 is 3.09 bits per heavy atom. The second kappa shape index (κ2) is 6.36. The van der Waals surface area contributed by atoms with Crippen LogP contribution in [0.3, 0.4) is 0 Å². The van der Waals surface area contributed by atoms with E-state index in [4.69, 9.17) is 4.42 Å². The van der Waals surface area contributed by atoms with E-state index in [1.165, 1.54) is 0 Å². The molecule has 1 saturated heterocycles. The van der Waals surface area contributed by atoms with Crippen molar-refractivity contribution in [3.05, 3.63) is 46.4 Å². The smallest absolute Gasteiger partial charge is 0.293 e. The summed E-state index contributed by atoms with van der Waals surface area (Å²) in [5.41, 5.74) is -0.0372. The van der Waals surface area contributed by atoms with Crippen molar-refractivity contribution < 1.29 is 4.42 Å². The average molecular weight is 302 g/mol. The van der Waals surface area contributed by atoms with Gasteiger partial charge in [0.1, 0.15) is 11.5 Å². The molecule has 0 spiro atoms. The number of aromatic nitrogens is 2. The topological polar surface area (TPSA) is 63.3 Å². The highest BCUT2D eigenvalue weighted by Gasteiger charge is 2.22. The lowest BCUT2D eigenvalue weighted by Gasteiger charge is -2.33. The zero-order chi connectivity index (χ0) is 15.5. The van der Waals surface area contributed by atoms with Crippen LogP contribution in [0.15, 0.2) is 33.7 Å². The number of nitrogens with zero attached hydrogens (tertiary/aromatic N) is 3. The van der Waals surface area contributed by atoms with Gasteiger partial charge < -0.3 is 19.2 Å². The van der Waals surface area contributed by atoms with Crippen LogP contribution in [0, 0.1) is 6.92 Å². The fraction of sp³-hybridized carbons (Fsp3) is 0.500. The molecular formula is C16H22N4O2. The van der Waals surface area contributed by atoms with E-state index in [0.717, 1.165) is 37.5 Å². The van der Waals surface area contributed by atoms with E-state index in [2.05, 4.69) is 15.2 Å². The summed E-state index contributed by atoms with van der Waals surface area (Å²) >= 11 is 0. The van der Waals surface area contributed by atoms with Crippen molar-refractivity contribution in [3.8, 4) is 0 Å². The molecular weight excluding hydrogens is 280 g/mol. The third-order valence-corrected chi connectivity index (χ3v) is 4.08. The first-order chi connectivity index (χ1) is 10.6. The third-order valence-electron chi connectivity index (χ3n) is 4.08. The molecule has 1 aliphatic rings. The summed E-state index contributed by atoms with van der Waals surface area (Å²) in [6.45, 7) is 4.34. The minimum absolute atomic E-state index is 0.0372. The monoisotopic (exact) mass is 302 g/mol. The minimum atomic E-state index is -0.0372. The number of piperidine rings is 1. The fourth-order valence-corrected chi connectivity index (χ4v) is 2.86. The summed E-state index contributed by atoms with van der Waals surface area (Å²) in [6.07, 6.45) is 5.52. The minimum Gasteiger partial charge on any atom is -0.465 e. The molecule has 0 amide bonds. The van der Waals surface area contributed by atoms with Gasteiger partial charge in [-0.05, 0) is 31.9 Å². The molecule has 1 aliphatic heterocycles. The van der Waals surface area contributed by atoms with Crippen molar-refractivity contribution in [1.82, 2.24) is 14.9 Å². The highest BCUT2D eigenvalue weighted by atomic mass is 16.3. The summed E-state index contributed by atoms with van der Waals surface area (Å²) < 4.78 is 7.15. The Labute approximate surface area is 129 Å². The van der Waals surface area contributed by atoms with Crippen LogP contribution >= 0.6 is 0 Å². The van der Waals surface area contributed by atoms with Crippen molar-refractivity contribution in [2.45, 2.75) is 32.4 Å². The molecule has 3 heterocycles. The number of furan rings is 1. The molecule has 0 saturated carbocycles. The van der Waals surface area contributed by atoms with Gasteiger partial charge in [-0.25, -0.2) is 4.98 Å². The lowest BCUT2D eigenvalue weighted by Crippen LogP contribution is -2.47. The van der Waals surface area contributed by atoms with Crippen molar-refractivity contribution in [3.63, 3.8) is 0 Å². The second-order valence-corrected chi connectivity index (χ2v) is 5.85. The molecule has 1 fully saturated rings. The van der Waals surface area contributed by atoms with E-state index in [0.29, 0.717) is 18.4 Å². The van der Waals surface area contributed by atoms with Crippen LogP contribution in [0.4, 0.5) is 5.82 Å². The summed E-state index contributed by atoms with van der Waals surface area (Å²) in [5, 5.41) is 3.51.